The number of morpholine rings is 1. The van der Waals surface area contributed by atoms with E-state index >= 15 is 0 Å². The fourth-order valence-electron chi connectivity index (χ4n) is 2.12. The van der Waals surface area contributed by atoms with Crippen molar-refractivity contribution in [3.05, 3.63) is 40.7 Å². The van der Waals surface area contributed by atoms with Crippen LogP contribution in [-0.4, -0.2) is 42.2 Å². The Morgan fingerprint density at radius 3 is 2.86 bits per heavy atom. The summed E-state index contributed by atoms with van der Waals surface area (Å²) in [6.45, 7) is 3.26. The molecule has 0 unspecified atom stereocenters. The summed E-state index contributed by atoms with van der Waals surface area (Å²) >= 11 is 3.16. The van der Waals surface area contributed by atoms with Gasteiger partial charge in [0.1, 0.15) is 11.6 Å². The molecule has 0 spiro atoms. The highest BCUT2D eigenvalue weighted by molar-refractivity contribution is 9.10. The summed E-state index contributed by atoms with van der Waals surface area (Å²) in [5, 5.41) is 2.74. The number of ether oxygens (including phenoxy) is 1. The number of anilines is 1. The number of carbonyl (C=O) groups is 1. The SMILES string of the molecule is O=C(NCc1nccc(N2CCOCC2)n1)c1ccc(Br)o1. The Hall–Kier alpha value is -1.93. The van der Waals surface area contributed by atoms with Gasteiger partial charge in [0, 0.05) is 19.3 Å². The minimum atomic E-state index is -0.300. The van der Waals surface area contributed by atoms with Crippen molar-refractivity contribution in [1.29, 1.82) is 0 Å². The van der Waals surface area contributed by atoms with Crippen molar-refractivity contribution in [1.82, 2.24) is 15.3 Å². The number of nitrogens with one attached hydrogen (secondary N) is 1. The average molecular weight is 367 g/mol. The number of halogens is 1. The van der Waals surface area contributed by atoms with Gasteiger partial charge < -0.3 is 19.4 Å². The second kappa shape index (κ2) is 6.89. The number of hydrogen-bond acceptors (Lipinski definition) is 6. The lowest BCUT2D eigenvalue weighted by Crippen LogP contribution is -2.37. The standard InChI is InChI=1S/C14H15BrN4O3/c15-11-2-1-10(22-11)14(20)17-9-12-16-4-3-13(18-12)19-5-7-21-8-6-19/h1-4H,5-9H2,(H,17,20). The second-order valence-electron chi connectivity index (χ2n) is 4.72. The Morgan fingerprint density at radius 2 is 2.14 bits per heavy atom. The van der Waals surface area contributed by atoms with E-state index in [1.165, 1.54) is 0 Å². The molecule has 2 aromatic rings. The Balaban J connectivity index is 1.61. The molecule has 1 fully saturated rings. The normalized spacial score (nSPS) is 14.9. The highest BCUT2D eigenvalue weighted by atomic mass is 79.9. The van der Waals surface area contributed by atoms with E-state index in [-0.39, 0.29) is 18.2 Å². The highest BCUT2D eigenvalue weighted by Gasteiger charge is 2.14. The molecule has 2 aromatic heterocycles. The zero-order valence-corrected chi connectivity index (χ0v) is 13.4. The van der Waals surface area contributed by atoms with Crippen LogP contribution in [0.3, 0.4) is 0 Å². The first-order valence-electron chi connectivity index (χ1n) is 6.90. The quantitative estimate of drug-likeness (QED) is 0.884. The van der Waals surface area contributed by atoms with E-state index in [0.717, 1.165) is 18.9 Å². The third-order valence-electron chi connectivity index (χ3n) is 3.23. The van der Waals surface area contributed by atoms with Crippen molar-refractivity contribution in [3.63, 3.8) is 0 Å². The van der Waals surface area contributed by atoms with Crippen LogP contribution in [0.25, 0.3) is 0 Å². The number of amides is 1. The number of aromatic nitrogens is 2. The lowest BCUT2D eigenvalue weighted by molar-refractivity contribution is 0.0921. The van der Waals surface area contributed by atoms with Crippen LogP contribution in [0.2, 0.25) is 0 Å². The molecule has 22 heavy (non-hydrogen) atoms. The maximum atomic E-state index is 11.9. The van der Waals surface area contributed by atoms with Gasteiger partial charge in [-0.1, -0.05) is 0 Å². The molecule has 0 aromatic carbocycles. The second-order valence-corrected chi connectivity index (χ2v) is 5.50. The predicted molar refractivity (Wildman–Crippen MR) is 82.6 cm³/mol. The van der Waals surface area contributed by atoms with Gasteiger partial charge in [-0.2, -0.15) is 0 Å². The summed E-state index contributed by atoms with van der Waals surface area (Å²) in [7, 11) is 0. The minimum absolute atomic E-state index is 0.245. The number of rotatable bonds is 4. The zero-order chi connectivity index (χ0) is 15.4. The molecule has 1 amide bonds. The smallest absolute Gasteiger partial charge is 0.287 e. The van der Waals surface area contributed by atoms with Crippen LogP contribution < -0.4 is 10.2 Å². The number of hydrogen-bond donors (Lipinski definition) is 1. The molecule has 0 aliphatic carbocycles. The van der Waals surface area contributed by atoms with Crippen LogP contribution in [-0.2, 0) is 11.3 Å². The monoisotopic (exact) mass is 366 g/mol. The molecule has 1 aliphatic heterocycles. The fourth-order valence-corrected chi connectivity index (χ4v) is 2.43. The Kier molecular flexibility index (Phi) is 4.69. The molecule has 1 aliphatic rings. The van der Waals surface area contributed by atoms with E-state index in [4.69, 9.17) is 9.15 Å². The molecule has 0 radical (unpaired) electrons. The maximum absolute atomic E-state index is 11.9. The van der Waals surface area contributed by atoms with Gasteiger partial charge in [-0.3, -0.25) is 4.79 Å². The Bertz CT molecular complexity index is 655. The van der Waals surface area contributed by atoms with Gasteiger partial charge in [-0.25, -0.2) is 9.97 Å². The first kappa shape index (κ1) is 15.0. The van der Waals surface area contributed by atoms with Crippen LogP contribution in [0.5, 0.6) is 0 Å². The van der Waals surface area contributed by atoms with Crippen LogP contribution in [0.1, 0.15) is 16.4 Å². The van der Waals surface area contributed by atoms with Gasteiger partial charge in [-0.15, -0.1) is 0 Å². The average Bonchev–Trinajstić information content (AvgIpc) is 3.00. The van der Waals surface area contributed by atoms with Crippen LogP contribution in [0.15, 0.2) is 33.5 Å². The van der Waals surface area contributed by atoms with E-state index in [0.29, 0.717) is 23.7 Å². The molecule has 1 saturated heterocycles. The minimum Gasteiger partial charge on any atom is -0.444 e. The highest BCUT2D eigenvalue weighted by Crippen LogP contribution is 2.14. The summed E-state index contributed by atoms with van der Waals surface area (Å²) in [6, 6.07) is 5.13. The predicted octanol–water partition coefficient (Wildman–Crippen LogP) is 1.60. The van der Waals surface area contributed by atoms with Gasteiger partial charge in [0.2, 0.25) is 0 Å². The van der Waals surface area contributed by atoms with Crippen molar-refractivity contribution in [2.24, 2.45) is 0 Å². The van der Waals surface area contributed by atoms with Crippen molar-refractivity contribution in [2.45, 2.75) is 6.54 Å². The zero-order valence-electron chi connectivity index (χ0n) is 11.8. The molecule has 0 atom stereocenters. The third-order valence-corrected chi connectivity index (χ3v) is 3.66. The van der Waals surface area contributed by atoms with Gasteiger partial charge in [0.05, 0.1) is 19.8 Å². The van der Waals surface area contributed by atoms with E-state index < -0.39 is 0 Å². The fraction of sp³-hybridized carbons (Fsp3) is 0.357. The summed E-state index contributed by atoms with van der Waals surface area (Å²) < 4.78 is 11.0. The van der Waals surface area contributed by atoms with Gasteiger partial charge in [0.15, 0.2) is 10.4 Å². The third kappa shape index (κ3) is 3.63. The van der Waals surface area contributed by atoms with Crippen molar-refractivity contribution >= 4 is 27.7 Å². The first-order valence-corrected chi connectivity index (χ1v) is 7.70. The van der Waals surface area contributed by atoms with Crippen molar-refractivity contribution < 1.29 is 13.9 Å². The summed E-state index contributed by atoms with van der Waals surface area (Å²) in [5.41, 5.74) is 0. The molecular formula is C14H15BrN4O3. The number of furan rings is 1. The van der Waals surface area contributed by atoms with E-state index in [9.17, 15) is 4.79 Å². The molecule has 7 nitrogen and oxygen atoms in total. The van der Waals surface area contributed by atoms with E-state index in [2.05, 4.69) is 36.1 Å². The van der Waals surface area contributed by atoms with Crippen LogP contribution in [0, 0.1) is 0 Å². The van der Waals surface area contributed by atoms with E-state index in [1.807, 2.05) is 6.07 Å². The molecule has 0 saturated carbocycles. The van der Waals surface area contributed by atoms with Crippen molar-refractivity contribution in [3.8, 4) is 0 Å². The molecule has 8 heteroatoms. The summed E-state index contributed by atoms with van der Waals surface area (Å²) in [4.78, 5) is 22.7. The largest absolute Gasteiger partial charge is 0.444 e. The molecular weight excluding hydrogens is 352 g/mol. The van der Waals surface area contributed by atoms with Gasteiger partial charge in [-0.05, 0) is 34.1 Å². The Labute approximate surface area is 135 Å². The van der Waals surface area contributed by atoms with Gasteiger partial charge in [0.25, 0.3) is 5.91 Å². The molecule has 0 bridgehead atoms. The first-order chi connectivity index (χ1) is 10.7. The van der Waals surface area contributed by atoms with Crippen LogP contribution in [0.4, 0.5) is 5.82 Å². The number of nitrogens with zero attached hydrogens (tertiary/aromatic N) is 3. The lowest BCUT2D eigenvalue weighted by Gasteiger charge is -2.27. The van der Waals surface area contributed by atoms with Gasteiger partial charge >= 0.3 is 0 Å². The lowest BCUT2D eigenvalue weighted by atomic mass is 10.4. The number of carbonyl (C=O) groups excluding carboxylic acids is 1. The maximum Gasteiger partial charge on any atom is 0.287 e. The van der Waals surface area contributed by atoms with Crippen LogP contribution >= 0.6 is 15.9 Å². The Morgan fingerprint density at radius 1 is 1.32 bits per heavy atom. The molecule has 1 N–H and O–H groups in total. The van der Waals surface area contributed by atoms with Crippen molar-refractivity contribution in [2.75, 3.05) is 31.2 Å². The molecule has 3 heterocycles. The summed E-state index contributed by atoms with van der Waals surface area (Å²) in [5.74, 6) is 1.36. The molecule has 3 rings (SSSR count). The molecule has 116 valence electrons. The van der Waals surface area contributed by atoms with E-state index in [1.54, 1.807) is 18.3 Å². The summed E-state index contributed by atoms with van der Waals surface area (Å²) in [6.07, 6.45) is 1.70. The topological polar surface area (TPSA) is 80.5 Å².